The number of rotatable bonds is 4. The first-order valence-corrected chi connectivity index (χ1v) is 4.85. The van der Waals surface area contributed by atoms with E-state index in [4.69, 9.17) is 0 Å². The van der Waals surface area contributed by atoms with Gasteiger partial charge in [-0.05, 0) is 0 Å². The van der Waals surface area contributed by atoms with Crippen LogP contribution < -0.4 is 0 Å². The van der Waals surface area contributed by atoms with Crippen LogP contribution in [0.15, 0.2) is 55.1 Å². The van der Waals surface area contributed by atoms with Crippen LogP contribution in [0.1, 0.15) is 12.5 Å². The van der Waals surface area contributed by atoms with Crippen LogP contribution in [0.25, 0.3) is 0 Å². The van der Waals surface area contributed by atoms with Gasteiger partial charge in [0.1, 0.15) is 0 Å². The van der Waals surface area contributed by atoms with Gasteiger partial charge in [-0.25, -0.2) is 0 Å². The average molecular weight is 198 g/mol. The Kier molecular flexibility index (Phi) is 3.81. The van der Waals surface area contributed by atoms with Gasteiger partial charge in [-0.1, -0.05) is 0 Å². The van der Waals surface area contributed by atoms with Crippen LogP contribution in [0, 0.1) is 0 Å². The molecule has 0 radical (unpaired) electrons. The van der Waals surface area contributed by atoms with E-state index in [1.165, 1.54) is 0 Å². The zero-order valence-corrected chi connectivity index (χ0v) is 8.98. The van der Waals surface area contributed by atoms with Crippen LogP contribution in [-0.4, -0.2) is 18.1 Å². The molecule has 1 rings (SSSR count). The predicted molar refractivity (Wildman–Crippen MR) is 67.5 cm³/mol. The second-order valence-electron chi connectivity index (χ2n) is 3.56. The third kappa shape index (κ3) is 2.77. The fourth-order valence-corrected chi connectivity index (χ4v) is 1.29. The van der Waals surface area contributed by atoms with Gasteiger partial charge in [-0.2, -0.15) is 0 Å². The molecule has 0 fully saturated rings. The molecule has 0 aromatic heterocycles. The molecule has 1 unspecified atom stereocenters. The summed E-state index contributed by atoms with van der Waals surface area (Å²) >= 11 is 0. The molecular weight excluding hydrogens is 183 g/mol. The molecule has 0 aliphatic carbocycles. The van der Waals surface area contributed by atoms with Crippen LogP contribution in [0.3, 0.4) is 0 Å². The molecule has 1 nitrogen and oxygen atoms in total. The molecule has 0 heterocycles. The van der Waals surface area contributed by atoms with Crippen molar-refractivity contribution in [1.29, 1.82) is 0 Å². The van der Waals surface area contributed by atoms with Crippen LogP contribution in [0.5, 0.6) is 0 Å². The van der Waals surface area contributed by atoms with Gasteiger partial charge in [0.15, 0.2) is 0 Å². The zero-order valence-electron chi connectivity index (χ0n) is 8.98. The molecule has 0 amide bonds. The van der Waals surface area contributed by atoms with Gasteiger partial charge in [-0.15, -0.1) is 0 Å². The SMILES string of the molecule is B=C(/C=C\C=C)C(C)(O)c1ccccc1. The molecule has 0 spiro atoms. The summed E-state index contributed by atoms with van der Waals surface area (Å²) < 4.78 is 0. The molecule has 1 N–H and O–H groups in total. The molecule has 1 atom stereocenters. The van der Waals surface area contributed by atoms with E-state index >= 15 is 0 Å². The predicted octanol–water partition coefficient (Wildman–Crippen LogP) is 1.71. The Bertz CT molecular complexity index is 377. The maximum absolute atomic E-state index is 10.3. The molecule has 0 aliphatic rings. The summed E-state index contributed by atoms with van der Waals surface area (Å²) in [4.78, 5) is 0. The van der Waals surface area contributed by atoms with Crippen molar-refractivity contribution in [3.63, 3.8) is 0 Å². The third-order valence-electron chi connectivity index (χ3n) is 2.39. The Morgan fingerprint density at radius 3 is 2.53 bits per heavy atom. The van der Waals surface area contributed by atoms with Gasteiger partial charge in [0.2, 0.25) is 0 Å². The van der Waals surface area contributed by atoms with E-state index in [9.17, 15) is 5.11 Å². The van der Waals surface area contributed by atoms with E-state index in [2.05, 4.69) is 14.1 Å². The molecule has 0 aliphatic heterocycles. The van der Waals surface area contributed by atoms with Gasteiger partial charge in [0.25, 0.3) is 0 Å². The Hall–Kier alpha value is -1.41. The quantitative estimate of drug-likeness (QED) is 0.576. The number of allylic oxidation sites excluding steroid dienone is 2. The van der Waals surface area contributed by atoms with Gasteiger partial charge in [0.05, 0.1) is 0 Å². The van der Waals surface area contributed by atoms with E-state index in [-0.39, 0.29) is 0 Å². The van der Waals surface area contributed by atoms with Crippen molar-refractivity contribution in [2.75, 3.05) is 0 Å². The van der Waals surface area contributed by atoms with Crippen molar-refractivity contribution < 1.29 is 5.11 Å². The van der Waals surface area contributed by atoms with Crippen LogP contribution in [0.2, 0.25) is 0 Å². The molecular formula is C13H15BO. The zero-order chi connectivity index (χ0) is 11.3. The molecule has 0 saturated heterocycles. The first kappa shape index (κ1) is 11.7. The third-order valence-corrected chi connectivity index (χ3v) is 2.39. The van der Waals surface area contributed by atoms with Crippen LogP contribution >= 0.6 is 0 Å². The number of aliphatic hydroxyl groups is 1. The summed E-state index contributed by atoms with van der Waals surface area (Å²) in [5, 5.41) is 10.3. The van der Waals surface area contributed by atoms with Gasteiger partial charge < -0.3 is 0 Å². The van der Waals surface area contributed by atoms with Gasteiger partial charge >= 0.3 is 91.3 Å². The second-order valence-corrected chi connectivity index (χ2v) is 3.56. The summed E-state index contributed by atoms with van der Waals surface area (Å²) in [6, 6.07) is 9.48. The Morgan fingerprint density at radius 2 is 2.00 bits per heavy atom. The van der Waals surface area contributed by atoms with Gasteiger partial charge in [-0.3, -0.25) is 0 Å². The van der Waals surface area contributed by atoms with E-state index in [0.29, 0.717) is 5.46 Å². The molecule has 0 bridgehead atoms. The number of hydrogen-bond acceptors (Lipinski definition) is 1. The number of benzene rings is 1. The van der Waals surface area contributed by atoms with E-state index in [1.807, 2.05) is 30.3 Å². The van der Waals surface area contributed by atoms with Crippen LogP contribution in [-0.2, 0) is 5.60 Å². The fourth-order valence-electron chi connectivity index (χ4n) is 1.29. The standard InChI is InChI=1S/C13H15BO/c1-3-4-10-12(14)13(2,15)11-8-6-5-7-9-11/h3-10,14-15H,1H2,2H3/b10-4-. The average Bonchev–Trinajstić information content (AvgIpc) is 2.27. The molecule has 76 valence electrons. The Balaban J connectivity index is 2.97. The van der Waals surface area contributed by atoms with Crippen molar-refractivity contribution in [3.8, 4) is 0 Å². The molecule has 2 heteroatoms. The monoisotopic (exact) mass is 198 g/mol. The summed E-state index contributed by atoms with van der Waals surface area (Å²) in [6.45, 7) is 5.31. The van der Waals surface area contributed by atoms with Crippen LogP contribution in [0.4, 0.5) is 0 Å². The van der Waals surface area contributed by atoms with Gasteiger partial charge in [0, 0.05) is 0 Å². The summed E-state index contributed by atoms with van der Waals surface area (Å²) in [5.74, 6) is 0. The van der Waals surface area contributed by atoms with E-state index in [1.54, 1.807) is 25.2 Å². The summed E-state index contributed by atoms with van der Waals surface area (Å²) in [6.07, 6.45) is 5.19. The fraction of sp³-hybridized carbons (Fsp3) is 0.154. The van der Waals surface area contributed by atoms with Crippen molar-refractivity contribution >= 4 is 13.0 Å². The minimum atomic E-state index is -1.03. The van der Waals surface area contributed by atoms with Crippen molar-refractivity contribution in [2.45, 2.75) is 12.5 Å². The Morgan fingerprint density at radius 1 is 1.40 bits per heavy atom. The minimum absolute atomic E-state index is 0.647. The van der Waals surface area contributed by atoms with Crippen molar-refractivity contribution in [1.82, 2.24) is 0 Å². The van der Waals surface area contributed by atoms with Crippen molar-refractivity contribution in [3.05, 3.63) is 60.7 Å². The molecule has 15 heavy (non-hydrogen) atoms. The first-order valence-electron chi connectivity index (χ1n) is 4.85. The van der Waals surface area contributed by atoms with Crippen molar-refractivity contribution in [2.24, 2.45) is 0 Å². The first-order chi connectivity index (χ1) is 7.09. The molecule has 1 aromatic carbocycles. The summed E-state index contributed by atoms with van der Waals surface area (Å²) in [5.41, 5.74) is 0.457. The number of hydrogen-bond donors (Lipinski definition) is 1. The normalized spacial score (nSPS) is 14.7. The molecule has 0 saturated carbocycles. The van der Waals surface area contributed by atoms with E-state index in [0.717, 1.165) is 5.56 Å². The van der Waals surface area contributed by atoms with E-state index < -0.39 is 5.60 Å². The summed E-state index contributed by atoms with van der Waals surface area (Å²) in [7, 11) is 3.86. The maximum atomic E-state index is 10.3. The second kappa shape index (κ2) is 4.90. The molecule has 1 aromatic rings. The Labute approximate surface area is 91.8 Å². The topological polar surface area (TPSA) is 20.2 Å².